The van der Waals surface area contributed by atoms with E-state index in [1.165, 1.54) is 22.6 Å². The zero-order chi connectivity index (χ0) is 15.6. The van der Waals surface area contributed by atoms with Crippen LogP contribution in [0.15, 0.2) is 64.4 Å². The molecule has 126 valence electrons. The van der Waals surface area contributed by atoms with Crippen molar-refractivity contribution in [1.82, 2.24) is 4.90 Å². The molecule has 0 fully saturated rings. The van der Waals surface area contributed by atoms with E-state index in [2.05, 4.69) is 61.5 Å². The van der Waals surface area contributed by atoms with Crippen molar-refractivity contribution in [3.05, 3.63) is 54.6 Å². The summed E-state index contributed by atoms with van der Waals surface area (Å²) in [6.07, 6.45) is 3.56. The molecule has 23 heavy (non-hydrogen) atoms. The first-order valence-electron chi connectivity index (χ1n) is 7.85. The number of hydrogen-bond donors (Lipinski definition) is 0. The van der Waals surface area contributed by atoms with Gasteiger partial charge in [-0.05, 0) is 64.2 Å². The number of unbranched alkanes of at least 4 members (excludes halogenated alkanes) is 2. The van der Waals surface area contributed by atoms with Gasteiger partial charge in [-0.3, -0.25) is 0 Å². The van der Waals surface area contributed by atoms with Gasteiger partial charge in [-0.15, -0.1) is 12.4 Å². The number of nitrogens with zero attached hydrogens (tertiary/aromatic N) is 1. The number of benzene rings is 2. The Kier molecular flexibility index (Phi) is 9.85. The molecule has 0 radical (unpaired) electrons. The summed E-state index contributed by atoms with van der Waals surface area (Å²) in [6.45, 7) is 1.94. The largest absolute Gasteiger partial charge is 0.492 e. The highest BCUT2D eigenvalue weighted by molar-refractivity contribution is 7.99. The Morgan fingerprint density at radius 2 is 1.57 bits per heavy atom. The van der Waals surface area contributed by atoms with Gasteiger partial charge < -0.3 is 9.64 Å². The molecule has 0 heterocycles. The second kappa shape index (κ2) is 11.4. The van der Waals surface area contributed by atoms with Crippen molar-refractivity contribution in [1.29, 1.82) is 0 Å². The molecule has 0 aliphatic heterocycles. The van der Waals surface area contributed by atoms with E-state index in [-0.39, 0.29) is 12.4 Å². The summed E-state index contributed by atoms with van der Waals surface area (Å²) in [7, 11) is 4.24. The predicted octanol–water partition coefficient (Wildman–Crippen LogP) is 5.37. The summed E-state index contributed by atoms with van der Waals surface area (Å²) in [5.74, 6) is 0.990. The Hall–Kier alpha value is -1.16. The summed E-state index contributed by atoms with van der Waals surface area (Å²) in [5.41, 5.74) is 0. The monoisotopic (exact) mass is 351 g/mol. The first kappa shape index (κ1) is 19.9. The van der Waals surface area contributed by atoms with Gasteiger partial charge in [0.15, 0.2) is 0 Å². The highest BCUT2D eigenvalue weighted by Gasteiger charge is 2.04. The van der Waals surface area contributed by atoms with E-state index in [1.54, 1.807) is 11.8 Å². The molecule has 2 aromatic rings. The van der Waals surface area contributed by atoms with Gasteiger partial charge in [0.2, 0.25) is 0 Å². The zero-order valence-electron chi connectivity index (χ0n) is 13.9. The normalized spacial score (nSPS) is 10.4. The third-order valence-corrected chi connectivity index (χ3v) is 4.39. The van der Waals surface area contributed by atoms with Crippen LogP contribution in [0.25, 0.3) is 0 Å². The Morgan fingerprint density at radius 3 is 2.30 bits per heavy atom. The van der Waals surface area contributed by atoms with Crippen molar-refractivity contribution in [2.75, 3.05) is 27.2 Å². The van der Waals surface area contributed by atoms with Crippen LogP contribution in [0.1, 0.15) is 19.3 Å². The molecule has 0 bridgehead atoms. The van der Waals surface area contributed by atoms with Crippen molar-refractivity contribution in [2.45, 2.75) is 29.1 Å². The van der Waals surface area contributed by atoms with Crippen LogP contribution >= 0.6 is 24.2 Å². The van der Waals surface area contributed by atoms with E-state index in [0.717, 1.165) is 25.3 Å². The lowest BCUT2D eigenvalue weighted by molar-refractivity contribution is 0.293. The number of halogens is 1. The molecule has 0 amide bonds. The van der Waals surface area contributed by atoms with Gasteiger partial charge in [-0.1, -0.05) is 42.1 Å². The van der Waals surface area contributed by atoms with Crippen LogP contribution in [0, 0.1) is 0 Å². The van der Waals surface area contributed by atoms with Crippen LogP contribution in [-0.2, 0) is 0 Å². The van der Waals surface area contributed by atoms with Crippen LogP contribution in [0.2, 0.25) is 0 Å². The molecule has 4 heteroatoms. The van der Waals surface area contributed by atoms with E-state index in [9.17, 15) is 0 Å². The molecule has 0 spiro atoms. The fraction of sp³-hybridized carbons (Fsp3) is 0.368. The molecular formula is C19H26ClNOS. The number of rotatable bonds is 9. The van der Waals surface area contributed by atoms with Crippen molar-refractivity contribution >= 4 is 24.2 Å². The highest BCUT2D eigenvalue weighted by Crippen LogP contribution is 2.34. The van der Waals surface area contributed by atoms with E-state index in [4.69, 9.17) is 4.74 Å². The van der Waals surface area contributed by atoms with Crippen LogP contribution in [-0.4, -0.2) is 32.1 Å². The summed E-state index contributed by atoms with van der Waals surface area (Å²) in [4.78, 5) is 4.65. The van der Waals surface area contributed by atoms with E-state index < -0.39 is 0 Å². The van der Waals surface area contributed by atoms with Crippen LogP contribution < -0.4 is 4.74 Å². The van der Waals surface area contributed by atoms with E-state index >= 15 is 0 Å². The smallest absolute Gasteiger partial charge is 0.133 e. The second-order valence-electron chi connectivity index (χ2n) is 5.57. The number of ether oxygens (including phenoxy) is 1. The maximum atomic E-state index is 5.98. The van der Waals surface area contributed by atoms with Crippen molar-refractivity contribution in [3.63, 3.8) is 0 Å². The predicted molar refractivity (Wildman–Crippen MR) is 102 cm³/mol. The molecule has 0 atom stereocenters. The summed E-state index contributed by atoms with van der Waals surface area (Å²) < 4.78 is 5.98. The minimum absolute atomic E-state index is 0. The fourth-order valence-electron chi connectivity index (χ4n) is 2.16. The fourth-order valence-corrected chi connectivity index (χ4v) is 3.08. The van der Waals surface area contributed by atoms with E-state index in [0.29, 0.717) is 0 Å². The van der Waals surface area contributed by atoms with Gasteiger partial charge in [0, 0.05) is 4.90 Å². The Labute approximate surface area is 150 Å². The lowest BCUT2D eigenvalue weighted by atomic mass is 10.2. The molecule has 0 unspecified atom stereocenters. The summed E-state index contributed by atoms with van der Waals surface area (Å²) in [5, 5.41) is 0. The van der Waals surface area contributed by atoms with Crippen LogP contribution in [0.3, 0.4) is 0 Å². The van der Waals surface area contributed by atoms with E-state index in [1.807, 2.05) is 12.1 Å². The Balaban J connectivity index is 0.00000264. The minimum atomic E-state index is 0. The van der Waals surface area contributed by atoms with Crippen LogP contribution in [0.4, 0.5) is 0 Å². The Bertz CT molecular complexity index is 548. The molecule has 0 aromatic heterocycles. The third-order valence-electron chi connectivity index (χ3n) is 3.33. The molecule has 0 saturated carbocycles. The molecule has 2 aromatic carbocycles. The molecular weight excluding hydrogens is 326 g/mol. The van der Waals surface area contributed by atoms with Crippen LogP contribution in [0.5, 0.6) is 5.75 Å². The maximum absolute atomic E-state index is 5.98. The Morgan fingerprint density at radius 1 is 0.870 bits per heavy atom. The topological polar surface area (TPSA) is 12.5 Å². The van der Waals surface area contributed by atoms with Gasteiger partial charge in [-0.2, -0.15) is 0 Å². The molecule has 2 rings (SSSR count). The third kappa shape index (κ3) is 7.78. The van der Waals surface area contributed by atoms with Gasteiger partial charge in [0.1, 0.15) is 5.75 Å². The quantitative estimate of drug-likeness (QED) is 0.563. The SMILES string of the molecule is CN(C)CCCCCOc1ccccc1Sc1ccccc1.Cl. The molecule has 0 aliphatic rings. The van der Waals surface area contributed by atoms with Crippen molar-refractivity contribution in [3.8, 4) is 5.75 Å². The minimum Gasteiger partial charge on any atom is -0.492 e. The first-order chi connectivity index (χ1) is 10.8. The average Bonchev–Trinajstić information content (AvgIpc) is 2.53. The first-order valence-corrected chi connectivity index (χ1v) is 8.67. The van der Waals surface area contributed by atoms with Gasteiger partial charge in [-0.25, -0.2) is 0 Å². The standard InChI is InChI=1S/C19H25NOS.ClH/c1-20(2)15-9-4-10-16-21-18-13-7-8-14-19(18)22-17-11-5-3-6-12-17;/h3,5-8,11-14H,4,9-10,15-16H2,1-2H3;1H. The van der Waals surface area contributed by atoms with Crippen molar-refractivity contribution < 1.29 is 4.74 Å². The maximum Gasteiger partial charge on any atom is 0.133 e. The van der Waals surface area contributed by atoms with Crippen molar-refractivity contribution in [2.24, 2.45) is 0 Å². The van der Waals surface area contributed by atoms with Gasteiger partial charge in [0.25, 0.3) is 0 Å². The van der Waals surface area contributed by atoms with Gasteiger partial charge in [0.05, 0.1) is 11.5 Å². The molecule has 2 nitrogen and oxygen atoms in total. The lowest BCUT2D eigenvalue weighted by Crippen LogP contribution is -2.13. The molecule has 0 aliphatic carbocycles. The molecule has 0 saturated heterocycles. The summed E-state index contributed by atoms with van der Waals surface area (Å²) >= 11 is 1.75. The average molecular weight is 352 g/mol. The summed E-state index contributed by atoms with van der Waals surface area (Å²) in [6, 6.07) is 18.7. The number of hydrogen-bond acceptors (Lipinski definition) is 3. The zero-order valence-corrected chi connectivity index (χ0v) is 15.5. The van der Waals surface area contributed by atoms with Gasteiger partial charge >= 0.3 is 0 Å². The lowest BCUT2D eigenvalue weighted by Gasteiger charge is -2.12. The number of para-hydroxylation sites is 1. The molecule has 0 N–H and O–H groups in total. The highest BCUT2D eigenvalue weighted by atomic mass is 35.5. The second-order valence-corrected chi connectivity index (χ2v) is 6.69.